The van der Waals surface area contributed by atoms with E-state index < -0.39 is 5.91 Å². The second-order valence-electron chi connectivity index (χ2n) is 7.09. The van der Waals surface area contributed by atoms with E-state index in [1.54, 1.807) is 7.11 Å². The van der Waals surface area contributed by atoms with Gasteiger partial charge in [-0.25, -0.2) is 4.98 Å². The molecule has 0 aliphatic heterocycles. The summed E-state index contributed by atoms with van der Waals surface area (Å²) < 4.78 is 5.40. The molecule has 3 rings (SSSR count). The number of methoxy groups -OCH3 is 1. The maximum absolute atomic E-state index is 11.6. The maximum atomic E-state index is 11.6. The number of ether oxygens (including phenoxy) is 1. The van der Waals surface area contributed by atoms with Crippen molar-refractivity contribution in [2.75, 3.05) is 17.7 Å². The SMILES string of the molecule is CO[C@H]1CC[C@H](Nc2ncc(C(N)=O)c(N[C@H]3C[C@H](C)C3)n2)CC1. The van der Waals surface area contributed by atoms with E-state index in [-0.39, 0.29) is 0 Å². The van der Waals surface area contributed by atoms with Crippen molar-refractivity contribution in [3.63, 3.8) is 0 Å². The molecule has 1 amide bonds. The summed E-state index contributed by atoms with van der Waals surface area (Å²) in [7, 11) is 1.77. The molecule has 2 fully saturated rings. The Morgan fingerprint density at radius 2 is 1.92 bits per heavy atom. The van der Waals surface area contributed by atoms with Crippen LogP contribution in [0.4, 0.5) is 11.8 Å². The Bertz CT molecular complexity index is 580. The van der Waals surface area contributed by atoms with Gasteiger partial charge in [0, 0.05) is 25.4 Å². The highest BCUT2D eigenvalue weighted by Gasteiger charge is 2.27. The first-order valence-electron chi connectivity index (χ1n) is 8.78. The highest BCUT2D eigenvalue weighted by Crippen LogP contribution is 2.30. The van der Waals surface area contributed by atoms with E-state index in [4.69, 9.17) is 10.5 Å². The molecule has 0 radical (unpaired) electrons. The number of amides is 1. The molecule has 2 saturated carbocycles. The van der Waals surface area contributed by atoms with Crippen LogP contribution in [0, 0.1) is 5.92 Å². The molecule has 1 aromatic heterocycles. The second-order valence-corrected chi connectivity index (χ2v) is 7.09. The summed E-state index contributed by atoms with van der Waals surface area (Å²) in [5.41, 5.74) is 5.80. The van der Waals surface area contributed by atoms with Crippen LogP contribution in [0.5, 0.6) is 0 Å². The number of hydrogen-bond donors (Lipinski definition) is 3. The average Bonchev–Trinajstić information content (AvgIpc) is 2.54. The highest BCUT2D eigenvalue weighted by molar-refractivity contribution is 5.97. The summed E-state index contributed by atoms with van der Waals surface area (Å²) >= 11 is 0. The number of nitrogens with one attached hydrogen (secondary N) is 2. The molecule has 0 aromatic carbocycles. The molecule has 0 atom stereocenters. The molecule has 132 valence electrons. The van der Waals surface area contributed by atoms with Crippen molar-refractivity contribution in [3.8, 4) is 0 Å². The Labute approximate surface area is 142 Å². The Hall–Kier alpha value is -1.89. The Kier molecular flexibility index (Phi) is 5.18. The molecule has 7 heteroatoms. The van der Waals surface area contributed by atoms with E-state index >= 15 is 0 Å². The van der Waals surface area contributed by atoms with Crippen LogP contribution in [0.15, 0.2) is 6.20 Å². The minimum absolute atomic E-state index is 0.340. The van der Waals surface area contributed by atoms with E-state index in [1.165, 1.54) is 6.20 Å². The Morgan fingerprint density at radius 3 is 2.50 bits per heavy atom. The molecule has 1 aromatic rings. The van der Waals surface area contributed by atoms with Crippen LogP contribution in [-0.4, -0.2) is 41.2 Å². The van der Waals surface area contributed by atoms with Crippen LogP contribution >= 0.6 is 0 Å². The van der Waals surface area contributed by atoms with Crippen molar-refractivity contribution in [2.24, 2.45) is 11.7 Å². The third-order valence-corrected chi connectivity index (χ3v) is 5.11. The summed E-state index contributed by atoms with van der Waals surface area (Å²) in [5, 5.41) is 6.72. The molecular weight excluding hydrogens is 306 g/mol. The van der Waals surface area contributed by atoms with Gasteiger partial charge in [-0.05, 0) is 44.4 Å². The largest absolute Gasteiger partial charge is 0.381 e. The predicted molar refractivity (Wildman–Crippen MR) is 93.0 cm³/mol. The lowest BCUT2D eigenvalue weighted by atomic mass is 9.82. The summed E-state index contributed by atoms with van der Waals surface area (Å²) in [6, 6.07) is 0.699. The number of hydrogen-bond acceptors (Lipinski definition) is 6. The van der Waals surface area contributed by atoms with Gasteiger partial charge in [-0.15, -0.1) is 0 Å². The molecule has 0 unspecified atom stereocenters. The molecule has 0 spiro atoms. The van der Waals surface area contributed by atoms with Gasteiger partial charge in [-0.3, -0.25) is 4.79 Å². The average molecular weight is 333 g/mol. The number of nitrogens with zero attached hydrogens (tertiary/aromatic N) is 2. The molecule has 24 heavy (non-hydrogen) atoms. The normalized spacial score (nSPS) is 29.6. The topological polar surface area (TPSA) is 102 Å². The lowest BCUT2D eigenvalue weighted by Crippen LogP contribution is -2.35. The molecular formula is C17H27N5O2. The van der Waals surface area contributed by atoms with Crippen LogP contribution in [0.3, 0.4) is 0 Å². The fourth-order valence-electron chi connectivity index (χ4n) is 3.58. The number of rotatable bonds is 6. The van der Waals surface area contributed by atoms with Crippen molar-refractivity contribution in [2.45, 2.75) is 63.6 Å². The van der Waals surface area contributed by atoms with Crippen LogP contribution in [-0.2, 0) is 4.74 Å². The third-order valence-electron chi connectivity index (χ3n) is 5.11. The number of nitrogens with two attached hydrogens (primary N) is 1. The van der Waals surface area contributed by atoms with Crippen LogP contribution in [0.1, 0.15) is 55.8 Å². The van der Waals surface area contributed by atoms with E-state index in [0.29, 0.717) is 35.5 Å². The first-order valence-corrected chi connectivity index (χ1v) is 8.78. The number of primary amides is 1. The van der Waals surface area contributed by atoms with Crippen LogP contribution in [0.2, 0.25) is 0 Å². The maximum Gasteiger partial charge on any atom is 0.254 e. The molecule has 4 N–H and O–H groups in total. The summed E-state index contributed by atoms with van der Waals surface area (Å²) in [4.78, 5) is 20.4. The second kappa shape index (κ2) is 7.34. The summed E-state index contributed by atoms with van der Waals surface area (Å²) in [5.74, 6) is 1.31. The van der Waals surface area contributed by atoms with Gasteiger partial charge in [0.1, 0.15) is 5.82 Å². The summed E-state index contributed by atoms with van der Waals surface area (Å²) in [6.45, 7) is 2.22. The minimum Gasteiger partial charge on any atom is -0.381 e. The first kappa shape index (κ1) is 17.0. The monoisotopic (exact) mass is 333 g/mol. The zero-order valence-corrected chi connectivity index (χ0v) is 14.4. The van der Waals surface area contributed by atoms with E-state index in [9.17, 15) is 4.79 Å². The number of carbonyl (C=O) groups excluding carboxylic acids is 1. The van der Waals surface area contributed by atoms with Crippen molar-refractivity contribution in [3.05, 3.63) is 11.8 Å². The fraction of sp³-hybridized carbons (Fsp3) is 0.706. The van der Waals surface area contributed by atoms with Crippen molar-refractivity contribution in [1.82, 2.24) is 9.97 Å². The number of anilines is 2. The van der Waals surface area contributed by atoms with Crippen molar-refractivity contribution < 1.29 is 9.53 Å². The standard InChI is InChI=1S/C17H27N5O2/c1-10-7-12(8-10)20-16-14(15(18)23)9-19-17(22-16)21-11-3-5-13(24-2)6-4-11/h9-13H,3-8H2,1-2H3,(H2,18,23)(H2,19,20,21,22)/t10-,11-,12-,13-. The van der Waals surface area contributed by atoms with Gasteiger partial charge in [-0.2, -0.15) is 4.98 Å². The van der Waals surface area contributed by atoms with Gasteiger partial charge in [0.25, 0.3) is 5.91 Å². The third kappa shape index (κ3) is 3.95. The molecule has 7 nitrogen and oxygen atoms in total. The summed E-state index contributed by atoms with van der Waals surface area (Å²) in [6.07, 6.45) is 8.20. The van der Waals surface area contributed by atoms with E-state index in [2.05, 4.69) is 27.5 Å². The molecule has 0 saturated heterocycles. The zero-order chi connectivity index (χ0) is 17.1. The van der Waals surface area contributed by atoms with Gasteiger partial charge >= 0.3 is 0 Å². The first-order chi connectivity index (χ1) is 11.5. The highest BCUT2D eigenvalue weighted by atomic mass is 16.5. The number of aromatic nitrogens is 2. The minimum atomic E-state index is -0.503. The van der Waals surface area contributed by atoms with Crippen molar-refractivity contribution >= 4 is 17.7 Å². The van der Waals surface area contributed by atoms with E-state index in [1.807, 2.05) is 0 Å². The number of carbonyl (C=O) groups is 1. The predicted octanol–water partition coefficient (Wildman–Crippen LogP) is 2.16. The van der Waals surface area contributed by atoms with Crippen LogP contribution < -0.4 is 16.4 Å². The van der Waals surface area contributed by atoms with Gasteiger partial charge in [0.05, 0.1) is 11.7 Å². The smallest absolute Gasteiger partial charge is 0.254 e. The fourth-order valence-corrected chi connectivity index (χ4v) is 3.58. The molecule has 1 heterocycles. The molecule has 2 aliphatic rings. The molecule has 2 aliphatic carbocycles. The molecule has 0 bridgehead atoms. The van der Waals surface area contributed by atoms with Gasteiger partial charge in [0.15, 0.2) is 0 Å². The van der Waals surface area contributed by atoms with Crippen molar-refractivity contribution in [1.29, 1.82) is 0 Å². The zero-order valence-electron chi connectivity index (χ0n) is 14.4. The Balaban J connectivity index is 1.66. The van der Waals surface area contributed by atoms with Gasteiger partial charge in [0.2, 0.25) is 5.95 Å². The van der Waals surface area contributed by atoms with Gasteiger partial charge in [-0.1, -0.05) is 6.92 Å². The quantitative estimate of drug-likeness (QED) is 0.737. The Morgan fingerprint density at radius 1 is 1.21 bits per heavy atom. The van der Waals surface area contributed by atoms with Crippen LogP contribution in [0.25, 0.3) is 0 Å². The van der Waals surface area contributed by atoms with E-state index in [0.717, 1.165) is 44.4 Å². The lowest BCUT2D eigenvalue weighted by molar-refractivity contribution is 0.0681. The lowest BCUT2D eigenvalue weighted by Gasteiger charge is -2.34. The van der Waals surface area contributed by atoms with Gasteiger partial charge < -0.3 is 21.1 Å².